The first kappa shape index (κ1) is 101. The van der Waals surface area contributed by atoms with Gasteiger partial charge in [-0.3, -0.25) is 0 Å². The molecule has 11 heterocycles. The molecule has 3 saturated heterocycles. The van der Waals surface area contributed by atoms with E-state index >= 15 is 0 Å². The second-order valence-electron chi connectivity index (χ2n) is 38.2. The Morgan fingerprint density at radius 1 is 0.342 bits per heavy atom. The van der Waals surface area contributed by atoms with Crippen LogP contribution in [0.4, 0.5) is 77.1 Å². The minimum atomic E-state index is 0.0273. The highest BCUT2D eigenvalue weighted by Gasteiger charge is 2.37. The second kappa shape index (κ2) is 49.6. The number of hydrogen-bond donors (Lipinski definition) is 6. The summed E-state index contributed by atoms with van der Waals surface area (Å²) in [6.45, 7) is 17.6. The molecule has 15 aromatic rings. The highest BCUT2D eigenvalue weighted by Crippen LogP contribution is 2.38. The first-order valence-electron chi connectivity index (χ1n) is 52.2. The number of phenolic OH excluding ortho intramolecular Hbond substituents is 1. The number of aryl methyl sites for hydroxylation is 9. The number of phenols is 1. The molecule has 9 N–H and O–H groups in total. The van der Waals surface area contributed by atoms with E-state index in [0.717, 1.165) is 221 Å². The van der Waals surface area contributed by atoms with Gasteiger partial charge in [0.1, 0.15) is 52.2 Å². The van der Waals surface area contributed by atoms with E-state index in [9.17, 15) is 5.11 Å². The van der Waals surface area contributed by atoms with Crippen LogP contribution in [0.1, 0.15) is 147 Å². The molecule has 6 aliphatic rings. The molecule has 768 valence electrons. The summed E-state index contributed by atoms with van der Waals surface area (Å²) in [5, 5.41) is 16.2. The van der Waals surface area contributed by atoms with Gasteiger partial charge in [0.2, 0.25) is 85.0 Å². The molecular formula is C113H130N30O6. The minimum absolute atomic E-state index is 0.0273. The van der Waals surface area contributed by atoms with Crippen molar-refractivity contribution in [3.05, 3.63) is 310 Å². The number of para-hydroxylation sites is 1. The topological polar surface area (TPSA) is 423 Å². The molecular weight excluding hydrogens is 1870 g/mol. The van der Waals surface area contributed by atoms with Gasteiger partial charge in [-0.25, -0.2) is 15.0 Å². The third-order valence-electron chi connectivity index (χ3n) is 26.8. The van der Waals surface area contributed by atoms with Crippen molar-refractivity contribution in [3.8, 4) is 40.2 Å². The number of anilines is 13. The van der Waals surface area contributed by atoms with Crippen LogP contribution in [-0.2, 0) is 83.6 Å². The summed E-state index contributed by atoms with van der Waals surface area (Å²) >= 11 is 0. The van der Waals surface area contributed by atoms with Gasteiger partial charge < -0.3 is 90.9 Å². The summed E-state index contributed by atoms with van der Waals surface area (Å²) in [6.07, 6.45) is 16.9. The van der Waals surface area contributed by atoms with E-state index in [1.807, 2.05) is 109 Å². The van der Waals surface area contributed by atoms with E-state index in [2.05, 4.69) is 218 Å². The summed E-state index contributed by atoms with van der Waals surface area (Å²) in [7, 11) is 0. The fraction of sp³-hybridized carbons (Fsp3) is 0.363. The number of nitrogens with zero attached hydrogens (tertiary/aromatic N) is 25. The predicted octanol–water partition coefficient (Wildman–Crippen LogP) is 16.3. The van der Waals surface area contributed by atoms with Crippen LogP contribution in [0, 0.1) is 5.92 Å². The highest BCUT2D eigenvalue weighted by molar-refractivity contribution is 5.59. The Morgan fingerprint density at radius 3 is 1.21 bits per heavy atom. The molecule has 3 atom stereocenters. The SMILES string of the molecule is CCCc1nc(CCCc2ccc(O)cc2)nc(N2CCN(c3nc(N)nc(Nc4ccc(Oc5ccccc5)cc4)n3)CC2Cc2ccccc2)n1.CCCc1nc(CCc2ccc3c(c2)OCO3)nc(N2CCN(c3nc(N)nc(N(CCC)CC4CC4)n3)CC2Cc2ccccc2)n1.CCCc1nc(CCc2ccccc2)nc(N2CCN(c3nc(N)nc(NCc4ccc5c(c4)OCO5)n3)CC2Cc2ccccc2)n1. The van der Waals surface area contributed by atoms with Crippen LogP contribution in [0.15, 0.2) is 237 Å². The van der Waals surface area contributed by atoms with Gasteiger partial charge in [-0.1, -0.05) is 191 Å². The van der Waals surface area contributed by atoms with Crippen molar-refractivity contribution in [1.82, 2.24) is 89.7 Å². The number of rotatable bonds is 40. The van der Waals surface area contributed by atoms with Crippen molar-refractivity contribution in [2.24, 2.45) is 5.92 Å². The van der Waals surface area contributed by atoms with Crippen LogP contribution in [0.5, 0.6) is 40.2 Å². The quantitative estimate of drug-likeness (QED) is 0.0208. The molecule has 6 aromatic heterocycles. The number of aromatic hydroxyl groups is 1. The van der Waals surface area contributed by atoms with E-state index in [0.29, 0.717) is 107 Å². The summed E-state index contributed by atoms with van der Waals surface area (Å²) in [4.78, 5) is 102. The first-order chi connectivity index (χ1) is 73.1. The van der Waals surface area contributed by atoms with Gasteiger partial charge in [-0.05, 0) is 201 Å². The Bertz CT molecular complexity index is 6870. The number of piperazine rings is 3. The summed E-state index contributed by atoms with van der Waals surface area (Å²) in [5.74, 6) is 16.4. The molecule has 0 radical (unpaired) electrons. The monoisotopic (exact) mass is 2000 g/mol. The predicted molar refractivity (Wildman–Crippen MR) is 580 cm³/mol. The Labute approximate surface area is 869 Å². The number of nitrogens with two attached hydrogens (primary N) is 3. The maximum atomic E-state index is 9.66. The molecule has 1 saturated carbocycles. The van der Waals surface area contributed by atoms with Crippen LogP contribution in [0.25, 0.3) is 0 Å². The van der Waals surface area contributed by atoms with E-state index in [1.54, 1.807) is 12.1 Å². The van der Waals surface area contributed by atoms with Crippen molar-refractivity contribution in [2.45, 2.75) is 174 Å². The number of aromatic nitrogens is 18. The van der Waals surface area contributed by atoms with Gasteiger partial charge in [-0.15, -0.1) is 0 Å². The Morgan fingerprint density at radius 2 is 0.738 bits per heavy atom. The van der Waals surface area contributed by atoms with Crippen molar-refractivity contribution in [3.63, 3.8) is 0 Å². The van der Waals surface area contributed by atoms with Crippen molar-refractivity contribution in [1.29, 1.82) is 0 Å². The minimum Gasteiger partial charge on any atom is -0.508 e. The van der Waals surface area contributed by atoms with E-state index in [4.69, 9.17) is 101 Å². The van der Waals surface area contributed by atoms with Gasteiger partial charge in [0.15, 0.2) is 23.0 Å². The zero-order valence-electron chi connectivity index (χ0n) is 85.1. The molecule has 9 aromatic carbocycles. The van der Waals surface area contributed by atoms with Crippen LogP contribution in [0.2, 0.25) is 0 Å². The Hall–Kier alpha value is -16.6. The van der Waals surface area contributed by atoms with E-state index in [1.165, 1.54) is 46.2 Å². The normalized spacial score (nSPS) is 15.6. The average molecular weight is 2000 g/mol. The zero-order chi connectivity index (χ0) is 102. The molecule has 0 bridgehead atoms. The van der Waals surface area contributed by atoms with Crippen LogP contribution in [0.3, 0.4) is 0 Å². The van der Waals surface area contributed by atoms with Crippen molar-refractivity contribution in [2.75, 3.05) is 148 Å². The molecule has 0 spiro atoms. The lowest BCUT2D eigenvalue weighted by molar-refractivity contribution is 0.173. The van der Waals surface area contributed by atoms with Crippen LogP contribution < -0.4 is 85.8 Å². The summed E-state index contributed by atoms with van der Waals surface area (Å²) in [5.41, 5.74) is 27.9. The van der Waals surface area contributed by atoms with Gasteiger partial charge in [0.25, 0.3) is 0 Å². The van der Waals surface area contributed by atoms with Gasteiger partial charge in [0.05, 0.1) is 18.1 Å². The maximum Gasteiger partial charge on any atom is 0.233 e. The molecule has 21 rings (SSSR count). The average Bonchev–Trinajstić information content (AvgIpc) is 1.38. The smallest absolute Gasteiger partial charge is 0.233 e. The molecule has 36 nitrogen and oxygen atoms in total. The number of nitrogens with one attached hydrogen (secondary N) is 2. The molecule has 4 fully saturated rings. The van der Waals surface area contributed by atoms with E-state index < -0.39 is 0 Å². The first-order valence-corrected chi connectivity index (χ1v) is 52.2. The largest absolute Gasteiger partial charge is 0.508 e. The number of fused-ring (bicyclic) bond motifs is 2. The van der Waals surface area contributed by atoms with Gasteiger partial charge in [-0.2, -0.15) is 74.8 Å². The molecule has 149 heavy (non-hydrogen) atoms. The van der Waals surface area contributed by atoms with Crippen molar-refractivity contribution < 1.29 is 28.8 Å². The molecule has 3 unspecified atom stereocenters. The van der Waals surface area contributed by atoms with Crippen molar-refractivity contribution >= 4 is 77.1 Å². The zero-order valence-corrected chi connectivity index (χ0v) is 85.1. The third-order valence-corrected chi connectivity index (χ3v) is 26.8. The fourth-order valence-electron chi connectivity index (χ4n) is 19.1. The second-order valence-corrected chi connectivity index (χ2v) is 38.2. The van der Waals surface area contributed by atoms with Crippen LogP contribution in [-0.4, -0.2) is 199 Å². The maximum absolute atomic E-state index is 9.66. The standard InChI is InChI=1S/C41H44N10O2.C36H46N10O2.C36H40N10O2/c1-2-10-36-44-37(16-9-13-29-17-21-33(52)22-18-29)46-41(45-36)51-26-25-50(28-32(51)27-30-11-5-3-6-12-30)40-48-38(42)47-39(49-40)43-31-19-23-35(24-20-31)53-34-14-7-4-8-15-34;1-3-8-31-38-32(16-14-26-13-15-29-30(21-26)48-24-47-29)40-36(39-31)46-19-18-45(23-28(46)20-25-9-6-5-7-10-25)35-42-33(37)41-34(43-35)44(17-4-2)22-27-11-12-27;1-2-9-31-39-32(17-15-25-10-5-3-6-11-25)41-36(40-31)46-19-18-45(23-28(46)20-26-12-7-4-8-13-26)35-43-33(37)42-34(44-35)38-22-27-14-16-29-30(21-27)48-24-47-29/h3-8,11-12,14-15,17-24,32,52H,2,9-10,13,16,25-28H2,1H3,(H3,42,43,47,48,49);5-7,9-10,13,15,21,27-28H,3-4,8,11-12,14,16-20,22-24H2,1-2H3,(H2,37,41,42,43);3-8,10-14,16,21,28H,2,9,15,17-20,22-24H2,1H3,(H3,37,38,42,43,44). The lowest BCUT2D eigenvalue weighted by Crippen LogP contribution is -2.55. The lowest BCUT2D eigenvalue weighted by atomic mass is 10.0. The number of hydrogen-bond acceptors (Lipinski definition) is 36. The lowest BCUT2D eigenvalue weighted by Gasteiger charge is -2.42. The highest BCUT2D eigenvalue weighted by atomic mass is 16.7. The van der Waals surface area contributed by atoms with Gasteiger partial charge in [0, 0.05) is 123 Å². The Balaban J connectivity index is 0.000000141. The molecule has 1 aliphatic carbocycles. The molecule has 5 aliphatic heterocycles. The van der Waals surface area contributed by atoms with Crippen LogP contribution >= 0.6 is 0 Å². The Kier molecular flexibility index (Phi) is 33.6. The number of nitrogen functional groups attached to an aromatic ring is 3. The summed E-state index contributed by atoms with van der Waals surface area (Å²) < 4.78 is 28.0. The van der Waals surface area contributed by atoms with Gasteiger partial charge >= 0.3 is 0 Å². The number of benzene rings is 9. The van der Waals surface area contributed by atoms with E-state index in [-0.39, 0.29) is 55.3 Å². The fourth-order valence-corrected chi connectivity index (χ4v) is 19.1. The number of ether oxygens (including phenoxy) is 5. The molecule has 0 amide bonds. The summed E-state index contributed by atoms with van der Waals surface area (Å²) in [6, 6.07) is 78.9. The molecule has 36 heteroatoms. The third kappa shape index (κ3) is 28.0.